The predicted octanol–water partition coefficient (Wildman–Crippen LogP) is 1.86. The molecule has 1 heterocycles. The number of rotatable bonds is 5. The van der Waals surface area contributed by atoms with Gasteiger partial charge in [-0.1, -0.05) is 19.3 Å². The van der Waals surface area contributed by atoms with E-state index in [0.717, 1.165) is 32.2 Å². The molecule has 112 valence electrons. The standard InChI is InChI=1S/C15H25N3O2/c1-2-17-11-12(16)10-14(17)15(20)18(8-9-19)13-6-4-3-5-7-13/h10-11,13,19H,2-9,16H2,1H3. The van der Waals surface area contributed by atoms with Gasteiger partial charge in [0.05, 0.1) is 12.3 Å². The first kappa shape index (κ1) is 14.9. The maximum Gasteiger partial charge on any atom is 0.270 e. The lowest BCUT2D eigenvalue weighted by molar-refractivity contribution is 0.0574. The number of nitrogens with zero attached hydrogens (tertiary/aromatic N) is 2. The van der Waals surface area contributed by atoms with Crippen molar-refractivity contribution in [2.45, 2.75) is 51.6 Å². The van der Waals surface area contributed by atoms with E-state index in [4.69, 9.17) is 5.73 Å². The van der Waals surface area contributed by atoms with Crippen molar-refractivity contribution in [3.63, 3.8) is 0 Å². The first-order valence-corrected chi connectivity index (χ1v) is 7.54. The Bertz CT molecular complexity index is 450. The molecule has 0 aromatic carbocycles. The molecule has 1 aliphatic rings. The summed E-state index contributed by atoms with van der Waals surface area (Å²) >= 11 is 0. The Balaban J connectivity index is 2.20. The Morgan fingerprint density at radius 1 is 1.45 bits per heavy atom. The van der Waals surface area contributed by atoms with E-state index in [9.17, 15) is 9.90 Å². The second kappa shape index (κ2) is 6.79. The van der Waals surface area contributed by atoms with Crippen LogP contribution in [-0.4, -0.2) is 39.7 Å². The summed E-state index contributed by atoms with van der Waals surface area (Å²) in [5.41, 5.74) is 7.05. The van der Waals surface area contributed by atoms with E-state index >= 15 is 0 Å². The van der Waals surface area contributed by atoms with Crippen molar-refractivity contribution in [1.29, 1.82) is 0 Å². The summed E-state index contributed by atoms with van der Waals surface area (Å²) < 4.78 is 1.88. The molecule has 0 saturated heterocycles. The van der Waals surface area contributed by atoms with E-state index in [1.807, 2.05) is 16.4 Å². The third-order valence-electron chi connectivity index (χ3n) is 4.09. The maximum absolute atomic E-state index is 12.8. The van der Waals surface area contributed by atoms with Crippen LogP contribution >= 0.6 is 0 Å². The summed E-state index contributed by atoms with van der Waals surface area (Å²) in [4.78, 5) is 14.6. The van der Waals surface area contributed by atoms with Crippen LogP contribution in [0.1, 0.15) is 49.5 Å². The normalized spacial score (nSPS) is 16.3. The van der Waals surface area contributed by atoms with E-state index < -0.39 is 0 Å². The molecule has 1 amide bonds. The topological polar surface area (TPSA) is 71.5 Å². The third kappa shape index (κ3) is 3.15. The number of amides is 1. The van der Waals surface area contributed by atoms with Crippen molar-refractivity contribution in [2.24, 2.45) is 0 Å². The first-order valence-electron chi connectivity index (χ1n) is 7.54. The van der Waals surface area contributed by atoms with Gasteiger partial charge in [0, 0.05) is 25.3 Å². The highest BCUT2D eigenvalue weighted by Crippen LogP contribution is 2.24. The predicted molar refractivity (Wildman–Crippen MR) is 79.5 cm³/mol. The smallest absolute Gasteiger partial charge is 0.270 e. The van der Waals surface area contributed by atoms with E-state index in [1.165, 1.54) is 6.42 Å². The second-order valence-corrected chi connectivity index (χ2v) is 5.46. The zero-order valence-electron chi connectivity index (χ0n) is 12.2. The van der Waals surface area contributed by atoms with Gasteiger partial charge in [-0.3, -0.25) is 4.79 Å². The molecule has 20 heavy (non-hydrogen) atoms. The second-order valence-electron chi connectivity index (χ2n) is 5.46. The number of nitrogen functional groups attached to an aromatic ring is 1. The maximum atomic E-state index is 12.8. The highest BCUT2D eigenvalue weighted by Gasteiger charge is 2.27. The minimum absolute atomic E-state index is 0.00452. The lowest BCUT2D eigenvalue weighted by atomic mass is 9.94. The van der Waals surface area contributed by atoms with E-state index in [-0.39, 0.29) is 18.6 Å². The van der Waals surface area contributed by atoms with Crippen LogP contribution in [0.25, 0.3) is 0 Å². The van der Waals surface area contributed by atoms with Gasteiger partial charge in [0.2, 0.25) is 0 Å². The largest absolute Gasteiger partial charge is 0.397 e. The zero-order chi connectivity index (χ0) is 14.5. The van der Waals surface area contributed by atoms with Gasteiger partial charge < -0.3 is 20.3 Å². The number of aliphatic hydroxyl groups excluding tert-OH is 1. The van der Waals surface area contributed by atoms with Crippen LogP contribution in [0.2, 0.25) is 0 Å². The molecule has 0 bridgehead atoms. The van der Waals surface area contributed by atoms with Crippen molar-refractivity contribution in [3.8, 4) is 0 Å². The van der Waals surface area contributed by atoms with Gasteiger partial charge >= 0.3 is 0 Å². The quantitative estimate of drug-likeness (QED) is 0.864. The molecular formula is C15H25N3O2. The van der Waals surface area contributed by atoms with Crippen molar-refractivity contribution in [3.05, 3.63) is 18.0 Å². The van der Waals surface area contributed by atoms with Gasteiger partial charge in [0.25, 0.3) is 5.91 Å². The minimum atomic E-state index is -0.00972. The molecule has 0 spiro atoms. The zero-order valence-corrected chi connectivity index (χ0v) is 12.2. The monoisotopic (exact) mass is 279 g/mol. The SMILES string of the molecule is CCn1cc(N)cc1C(=O)N(CCO)C1CCCCC1. The van der Waals surface area contributed by atoms with Crippen LogP contribution in [0, 0.1) is 0 Å². The molecule has 5 heteroatoms. The Morgan fingerprint density at radius 2 is 2.15 bits per heavy atom. The first-order chi connectivity index (χ1) is 9.67. The van der Waals surface area contributed by atoms with Gasteiger partial charge in [-0.05, 0) is 25.8 Å². The highest BCUT2D eigenvalue weighted by atomic mass is 16.3. The highest BCUT2D eigenvalue weighted by molar-refractivity contribution is 5.94. The summed E-state index contributed by atoms with van der Waals surface area (Å²) in [7, 11) is 0. The Hall–Kier alpha value is -1.49. The third-order valence-corrected chi connectivity index (χ3v) is 4.09. The van der Waals surface area contributed by atoms with Crippen molar-refractivity contribution < 1.29 is 9.90 Å². The molecule has 3 N–H and O–H groups in total. The number of anilines is 1. The number of hydrogen-bond acceptors (Lipinski definition) is 3. The van der Waals surface area contributed by atoms with Crippen LogP contribution in [0.4, 0.5) is 5.69 Å². The van der Waals surface area contributed by atoms with Crippen LogP contribution < -0.4 is 5.73 Å². The summed E-state index contributed by atoms with van der Waals surface area (Å²) in [6.07, 6.45) is 7.44. The lowest BCUT2D eigenvalue weighted by Gasteiger charge is -2.34. The van der Waals surface area contributed by atoms with Crippen LogP contribution in [-0.2, 0) is 6.54 Å². The van der Waals surface area contributed by atoms with Crippen molar-refractivity contribution >= 4 is 11.6 Å². The molecule has 1 saturated carbocycles. The molecule has 1 aromatic heterocycles. The number of aliphatic hydroxyl groups is 1. The van der Waals surface area contributed by atoms with Gasteiger partial charge in [-0.2, -0.15) is 0 Å². The number of nitrogens with two attached hydrogens (primary N) is 1. The van der Waals surface area contributed by atoms with Crippen LogP contribution in [0.3, 0.4) is 0 Å². The van der Waals surface area contributed by atoms with Crippen molar-refractivity contribution in [2.75, 3.05) is 18.9 Å². The number of hydrogen-bond donors (Lipinski definition) is 2. The van der Waals surface area contributed by atoms with Gasteiger partial charge in [-0.15, -0.1) is 0 Å². The molecule has 0 aliphatic heterocycles. The summed E-state index contributed by atoms with van der Waals surface area (Å²) in [5.74, 6) is -0.00972. The van der Waals surface area contributed by atoms with Crippen LogP contribution in [0.5, 0.6) is 0 Å². The lowest BCUT2D eigenvalue weighted by Crippen LogP contribution is -2.43. The number of aryl methyl sites for hydroxylation is 1. The molecule has 1 aliphatic carbocycles. The Labute approximate surface area is 120 Å². The number of carbonyl (C=O) groups excluding carboxylic acids is 1. The summed E-state index contributed by atoms with van der Waals surface area (Å²) in [5, 5.41) is 9.27. The minimum Gasteiger partial charge on any atom is -0.397 e. The Kier molecular flexibility index (Phi) is 5.06. The summed E-state index contributed by atoms with van der Waals surface area (Å²) in [6.45, 7) is 3.12. The van der Waals surface area contributed by atoms with Crippen LogP contribution in [0.15, 0.2) is 12.3 Å². The fourth-order valence-corrected chi connectivity index (χ4v) is 3.07. The van der Waals surface area contributed by atoms with E-state index in [1.54, 1.807) is 12.3 Å². The van der Waals surface area contributed by atoms with Gasteiger partial charge in [0.1, 0.15) is 5.69 Å². The average Bonchev–Trinajstić information content (AvgIpc) is 2.86. The molecular weight excluding hydrogens is 254 g/mol. The molecule has 1 fully saturated rings. The van der Waals surface area contributed by atoms with Gasteiger partial charge in [-0.25, -0.2) is 0 Å². The van der Waals surface area contributed by atoms with E-state index in [2.05, 4.69) is 0 Å². The molecule has 0 atom stereocenters. The Morgan fingerprint density at radius 3 is 2.75 bits per heavy atom. The molecule has 1 aromatic rings. The molecule has 2 rings (SSSR count). The van der Waals surface area contributed by atoms with Crippen molar-refractivity contribution in [1.82, 2.24) is 9.47 Å². The van der Waals surface area contributed by atoms with Gasteiger partial charge in [0.15, 0.2) is 0 Å². The summed E-state index contributed by atoms with van der Waals surface area (Å²) in [6, 6.07) is 1.99. The fourth-order valence-electron chi connectivity index (χ4n) is 3.07. The van der Waals surface area contributed by atoms with E-state index in [0.29, 0.717) is 17.9 Å². The molecule has 5 nitrogen and oxygen atoms in total. The number of aromatic nitrogens is 1. The average molecular weight is 279 g/mol. The fraction of sp³-hybridized carbons (Fsp3) is 0.667. The molecule has 0 unspecified atom stereocenters. The molecule has 0 radical (unpaired) electrons. The number of carbonyl (C=O) groups is 1.